The van der Waals surface area contributed by atoms with Gasteiger partial charge in [-0.25, -0.2) is 13.2 Å². The van der Waals surface area contributed by atoms with E-state index in [1.54, 1.807) is 6.07 Å². The molecule has 0 saturated carbocycles. The summed E-state index contributed by atoms with van der Waals surface area (Å²) in [7, 11) is -4.01. The van der Waals surface area contributed by atoms with Gasteiger partial charge in [0, 0.05) is 19.2 Å². The Morgan fingerprint density at radius 2 is 1.88 bits per heavy atom. The second-order valence-electron chi connectivity index (χ2n) is 10.7. The number of sulfonamides is 1. The molecule has 0 spiro atoms. The lowest BCUT2D eigenvalue weighted by molar-refractivity contribution is -0.0907. The normalized spacial score (nSPS) is 23.3. The number of aliphatic hydroxyl groups excluding tert-OH is 1. The maximum atomic E-state index is 13.7. The Hall–Kier alpha value is -2.90. The van der Waals surface area contributed by atoms with Crippen LogP contribution in [0.1, 0.15) is 25.8 Å². The molecule has 5 unspecified atom stereocenters. The minimum atomic E-state index is -4.01. The van der Waals surface area contributed by atoms with Crippen molar-refractivity contribution in [1.29, 1.82) is 0 Å². The van der Waals surface area contributed by atoms with Crippen LogP contribution in [-0.2, 0) is 30.7 Å². The molecule has 40 heavy (non-hydrogen) atoms. The van der Waals surface area contributed by atoms with Crippen LogP contribution in [0, 0.1) is 11.8 Å². The first-order valence-corrected chi connectivity index (χ1v) is 15.0. The number of nitrogens with zero attached hydrogens (tertiary/aromatic N) is 1. The molecule has 2 aromatic carbocycles. The lowest BCUT2D eigenvalue weighted by Crippen LogP contribution is -2.51. The molecule has 12 heteroatoms. The van der Waals surface area contributed by atoms with Gasteiger partial charge in [0.25, 0.3) is 0 Å². The van der Waals surface area contributed by atoms with E-state index in [1.807, 2.05) is 44.2 Å². The average Bonchev–Trinajstić information content (AvgIpc) is 3.66. The van der Waals surface area contributed by atoms with Gasteiger partial charge in [0.2, 0.25) is 16.8 Å². The number of benzene rings is 2. The second kappa shape index (κ2) is 12.3. The fourth-order valence-electron chi connectivity index (χ4n) is 5.22. The Bertz CT molecular complexity index is 1270. The number of amides is 1. The highest BCUT2D eigenvalue weighted by molar-refractivity contribution is 7.89. The van der Waals surface area contributed by atoms with Crippen molar-refractivity contribution in [3.63, 3.8) is 0 Å². The van der Waals surface area contributed by atoms with Crippen LogP contribution in [0.5, 0.6) is 11.5 Å². The van der Waals surface area contributed by atoms with Crippen molar-refractivity contribution in [3.05, 3.63) is 54.1 Å². The van der Waals surface area contributed by atoms with Gasteiger partial charge in [-0.3, -0.25) is 0 Å². The Balaban J connectivity index is 1.33. The van der Waals surface area contributed by atoms with Gasteiger partial charge in [-0.05, 0) is 36.5 Å². The number of carbonyl (C=O) groups is 1. The van der Waals surface area contributed by atoms with Crippen molar-refractivity contribution in [2.75, 3.05) is 33.1 Å². The van der Waals surface area contributed by atoms with E-state index < -0.39 is 34.4 Å². The molecule has 2 saturated heterocycles. The molecule has 0 bridgehead atoms. The monoisotopic (exact) mass is 576 g/mol. The minimum Gasteiger partial charge on any atom is -0.454 e. The van der Waals surface area contributed by atoms with E-state index in [0.29, 0.717) is 18.1 Å². The SMILES string of the molecule is CC(C)CN(CC(O)C(Cc1ccccc1)NC(=O)OC1COC2OCCC12)S(=O)(=O)c1ccc2c(c1)OCO2. The number of ether oxygens (including phenoxy) is 5. The largest absolute Gasteiger partial charge is 0.454 e. The molecule has 0 radical (unpaired) electrons. The Morgan fingerprint density at radius 1 is 1.10 bits per heavy atom. The summed E-state index contributed by atoms with van der Waals surface area (Å²) in [4.78, 5) is 13.0. The van der Waals surface area contributed by atoms with Gasteiger partial charge in [0.15, 0.2) is 17.8 Å². The number of fused-ring (bicyclic) bond motifs is 2. The number of hydrogen-bond acceptors (Lipinski definition) is 9. The lowest BCUT2D eigenvalue weighted by atomic mass is 10.0. The van der Waals surface area contributed by atoms with E-state index >= 15 is 0 Å². The highest BCUT2D eigenvalue weighted by atomic mass is 32.2. The number of hydrogen-bond donors (Lipinski definition) is 2. The molecule has 3 aliphatic heterocycles. The maximum Gasteiger partial charge on any atom is 0.407 e. The quantitative estimate of drug-likeness (QED) is 0.414. The van der Waals surface area contributed by atoms with Crippen LogP contribution in [0.3, 0.4) is 0 Å². The van der Waals surface area contributed by atoms with Crippen molar-refractivity contribution >= 4 is 16.1 Å². The first-order chi connectivity index (χ1) is 19.2. The molecule has 2 N–H and O–H groups in total. The van der Waals surface area contributed by atoms with Crippen LogP contribution in [0.4, 0.5) is 4.79 Å². The second-order valence-corrected chi connectivity index (χ2v) is 12.6. The Morgan fingerprint density at radius 3 is 2.65 bits per heavy atom. The van der Waals surface area contributed by atoms with E-state index in [0.717, 1.165) is 12.0 Å². The third-order valence-corrected chi connectivity index (χ3v) is 9.08. The molecule has 3 aliphatic rings. The van der Waals surface area contributed by atoms with Gasteiger partial charge >= 0.3 is 6.09 Å². The molecule has 2 aromatic rings. The predicted molar refractivity (Wildman–Crippen MR) is 143 cm³/mol. The summed E-state index contributed by atoms with van der Waals surface area (Å²) in [5.41, 5.74) is 0.870. The van der Waals surface area contributed by atoms with E-state index in [2.05, 4.69) is 5.32 Å². The minimum absolute atomic E-state index is 0.0228. The zero-order valence-electron chi connectivity index (χ0n) is 22.6. The van der Waals surface area contributed by atoms with E-state index in [-0.39, 0.29) is 55.9 Å². The molecular weight excluding hydrogens is 540 g/mol. The van der Waals surface area contributed by atoms with Gasteiger partial charge in [-0.2, -0.15) is 4.31 Å². The summed E-state index contributed by atoms with van der Waals surface area (Å²) in [6, 6.07) is 13.0. The number of aliphatic hydroxyl groups is 1. The standard InChI is InChI=1S/C28H36N2O9S/c1-18(2)14-30(40(33,34)20-8-9-24-25(13-20)38-17-37-24)15-23(31)22(12-19-6-4-3-5-7-19)29-28(32)39-26-16-36-27-21(26)10-11-35-27/h3-9,13,18,21-23,26-27,31H,10-12,14-17H2,1-2H3,(H,29,32). The van der Waals surface area contributed by atoms with Crippen molar-refractivity contribution in [3.8, 4) is 11.5 Å². The topological polar surface area (TPSA) is 133 Å². The van der Waals surface area contributed by atoms with Crippen LogP contribution in [0.25, 0.3) is 0 Å². The molecule has 5 atom stereocenters. The van der Waals surface area contributed by atoms with E-state index in [9.17, 15) is 18.3 Å². The van der Waals surface area contributed by atoms with Crippen LogP contribution >= 0.6 is 0 Å². The third kappa shape index (κ3) is 6.52. The fraction of sp³-hybridized carbons (Fsp3) is 0.536. The van der Waals surface area contributed by atoms with Crippen molar-refractivity contribution in [1.82, 2.24) is 9.62 Å². The van der Waals surface area contributed by atoms with Crippen LogP contribution in [-0.4, -0.2) is 81.6 Å². The smallest absolute Gasteiger partial charge is 0.407 e. The molecule has 2 fully saturated rings. The Kier molecular flexibility index (Phi) is 8.81. The number of carbonyl (C=O) groups excluding carboxylic acids is 1. The van der Waals surface area contributed by atoms with E-state index in [4.69, 9.17) is 23.7 Å². The van der Waals surface area contributed by atoms with Gasteiger partial charge < -0.3 is 34.1 Å². The zero-order chi connectivity index (χ0) is 28.3. The number of rotatable bonds is 11. The molecule has 5 rings (SSSR count). The van der Waals surface area contributed by atoms with Gasteiger partial charge in [0.05, 0.1) is 36.2 Å². The summed E-state index contributed by atoms with van der Waals surface area (Å²) in [5.74, 6) is 0.772. The maximum absolute atomic E-state index is 13.7. The lowest BCUT2D eigenvalue weighted by Gasteiger charge is -2.31. The highest BCUT2D eigenvalue weighted by Crippen LogP contribution is 2.35. The molecule has 218 valence electrons. The number of nitrogens with one attached hydrogen (secondary N) is 1. The van der Waals surface area contributed by atoms with Crippen LogP contribution in [0.15, 0.2) is 53.4 Å². The molecule has 0 aliphatic carbocycles. The van der Waals surface area contributed by atoms with Crippen molar-refractivity contribution < 1.29 is 42.0 Å². The Labute approximate surface area is 234 Å². The number of alkyl carbamates (subject to hydrolysis) is 1. The third-order valence-electron chi connectivity index (χ3n) is 7.25. The highest BCUT2D eigenvalue weighted by Gasteiger charge is 2.44. The van der Waals surface area contributed by atoms with Gasteiger partial charge in [0.1, 0.15) is 6.10 Å². The molecule has 3 heterocycles. The van der Waals surface area contributed by atoms with Crippen molar-refractivity contribution in [2.45, 2.75) is 56.1 Å². The van der Waals surface area contributed by atoms with Gasteiger partial charge in [-0.1, -0.05) is 44.2 Å². The summed E-state index contributed by atoms with van der Waals surface area (Å²) in [6.45, 7) is 4.54. The molecule has 11 nitrogen and oxygen atoms in total. The van der Waals surface area contributed by atoms with Gasteiger partial charge in [-0.15, -0.1) is 0 Å². The summed E-state index contributed by atoms with van der Waals surface area (Å²) in [6.07, 6.45) is -1.75. The fourth-order valence-corrected chi connectivity index (χ4v) is 6.86. The first kappa shape index (κ1) is 28.6. The summed E-state index contributed by atoms with van der Waals surface area (Å²) < 4.78 is 56.1. The molecule has 1 amide bonds. The van der Waals surface area contributed by atoms with E-state index in [1.165, 1.54) is 16.4 Å². The predicted octanol–water partition coefficient (Wildman–Crippen LogP) is 2.52. The average molecular weight is 577 g/mol. The first-order valence-electron chi connectivity index (χ1n) is 13.5. The zero-order valence-corrected chi connectivity index (χ0v) is 23.4. The van der Waals surface area contributed by atoms with Crippen molar-refractivity contribution in [2.24, 2.45) is 11.8 Å². The molecular formula is C28H36N2O9S. The van der Waals surface area contributed by atoms with Crippen LogP contribution in [0.2, 0.25) is 0 Å². The molecule has 0 aromatic heterocycles. The summed E-state index contributed by atoms with van der Waals surface area (Å²) >= 11 is 0. The summed E-state index contributed by atoms with van der Waals surface area (Å²) in [5, 5.41) is 14.2. The van der Waals surface area contributed by atoms with Crippen LogP contribution < -0.4 is 14.8 Å².